The second-order valence-corrected chi connectivity index (χ2v) is 10.3. The monoisotopic (exact) mass is 425 g/mol. The fraction of sp³-hybridized carbons (Fsp3) is 0.556. The molecule has 0 aliphatic heterocycles. The van der Waals surface area contributed by atoms with Gasteiger partial charge in [-0.15, -0.1) is 21.5 Å². The number of fused-ring (bicyclic) bond motifs is 1. The summed E-state index contributed by atoms with van der Waals surface area (Å²) in [5.74, 6) is -0.518. The van der Waals surface area contributed by atoms with Crippen molar-refractivity contribution in [3.05, 3.63) is 21.0 Å². The molecule has 1 N–H and O–H groups in total. The molecule has 1 amide bonds. The van der Waals surface area contributed by atoms with Crippen molar-refractivity contribution in [2.75, 3.05) is 12.4 Å². The highest BCUT2D eigenvalue weighted by molar-refractivity contribution is 8.02. The Morgan fingerprint density at radius 2 is 1.89 bits per heavy atom. The molecule has 0 aromatic carbocycles. The van der Waals surface area contributed by atoms with Gasteiger partial charge in [0.15, 0.2) is 4.34 Å². The Labute approximate surface area is 171 Å². The fourth-order valence-electron chi connectivity index (χ4n) is 3.07. The number of methoxy groups -OCH3 is 1. The van der Waals surface area contributed by atoms with Crippen molar-refractivity contribution in [1.82, 2.24) is 10.2 Å². The molecule has 9 heteroatoms. The highest BCUT2D eigenvalue weighted by Gasteiger charge is 2.27. The lowest BCUT2D eigenvalue weighted by molar-refractivity contribution is -0.115. The number of carbonyl (C=O) groups is 2. The molecular formula is C18H23N3O3S3. The molecule has 0 radical (unpaired) electrons. The first kappa shape index (κ1) is 20.3. The molecule has 2 heterocycles. The minimum Gasteiger partial charge on any atom is -0.465 e. The van der Waals surface area contributed by atoms with Crippen LogP contribution in [-0.2, 0) is 22.4 Å². The molecule has 2 aromatic heterocycles. The Bertz CT molecular complexity index is 831. The molecule has 1 atom stereocenters. The van der Waals surface area contributed by atoms with Crippen LogP contribution in [0.4, 0.5) is 5.00 Å². The summed E-state index contributed by atoms with van der Waals surface area (Å²) in [4.78, 5) is 26.3. The summed E-state index contributed by atoms with van der Waals surface area (Å²) in [7, 11) is 1.39. The largest absolute Gasteiger partial charge is 0.465 e. The molecule has 0 saturated carbocycles. The van der Waals surface area contributed by atoms with E-state index in [0.717, 1.165) is 40.6 Å². The smallest absolute Gasteiger partial charge is 0.341 e. The first-order valence-corrected chi connectivity index (χ1v) is 11.5. The molecule has 27 heavy (non-hydrogen) atoms. The van der Waals surface area contributed by atoms with E-state index in [0.29, 0.717) is 10.6 Å². The summed E-state index contributed by atoms with van der Waals surface area (Å²) in [5.41, 5.74) is 1.60. The summed E-state index contributed by atoms with van der Waals surface area (Å²) < 4.78 is 5.77. The van der Waals surface area contributed by atoms with Crippen LogP contribution < -0.4 is 5.32 Å². The third-order valence-corrected chi connectivity index (χ3v) is 7.68. The molecular weight excluding hydrogens is 402 g/mol. The fourth-order valence-corrected chi connectivity index (χ4v) is 6.31. The highest BCUT2D eigenvalue weighted by atomic mass is 32.2. The molecule has 2 aromatic rings. The van der Waals surface area contributed by atoms with E-state index in [1.807, 2.05) is 13.8 Å². The van der Waals surface area contributed by atoms with Crippen molar-refractivity contribution in [2.45, 2.75) is 62.0 Å². The number of aryl methyl sites for hydroxylation is 2. The number of hydrogen-bond donors (Lipinski definition) is 1. The van der Waals surface area contributed by atoms with Crippen LogP contribution in [0.25, 0.3) is 0 Å². The number of anilines is 1. The SMILES string of the molecule is COC(=O)c1c(NC(=O)C(C)Sc2nnc(C)s2)sc2c1CCCCCC2. The molecule has 0 saturated heterocycles. The number of aromatic nitrogens is 2. The molecule has 1 aliphatic rings. The van der Waals surface area contributed by atoms with Crippen molar-refractivity contribution in [2.24, 2.45) is 0 Å². The van der Waals surface area contributed by atoms with Gasteiger partial charge >= 0.3 is 5.97 Å². The van der Waals surface area contributed by atoms with E-state index in [2.05, 4.69) is 15.5 Å². The number of carbonyl (C=O) groups excluding carboxylic acids is 2. The van der Waals surface area contributed by atoms with Crippen molar-refractivity contribution in [1.29, 1.82) is 0 Å². The van der Waals surface area contributed by atoms with Gasteiger partial charge in [0.1, 0.15) is 10.0 Å². The lowest BCUT2D eigenvalue weighted by Crippen LogP contribution is -2.23. The van der Waals surface area contributed by atoms with Crippen LogP contribution in [0, 0.1) is 6.92 Å². The summed E-state index contributed by atoms with van der Waals surface area (Å²) >= 11 is 4.36. The standard InChI is InChI=1S/C18H23N3O3S3/c1-10(25-18-21-20-11(2)26-18)15(22)19-16-14(17(23)24-3)12-8-6-4-5-7-9-13(12)27-16/h10H,4-9H2,1-3H3,(H,19,22). The number of hydrogen-bond acceptors (Lipinski definition) is 8. The van der Waals surface area contributed by atoms with Gasteiger partial charge < -0.3 is 10.1 Å². The van der Waals surface area contributed by atoms with E-state index in [4.69, 9.17) is 4.74 Å². The topological polar surface area (TPSA) is 81.2 Å². The van der Waals surface area contributed by atoms with Crippen molar-refractivity contribution >= 4 is 51.3 Å². The second kappa shape index (κ2) is 9.16. The number of ether oxygens (including phenoxy) is 1. The van der Waals surface area contributed by atoms with Crippen LogP contribution in [0.1, 0.15) is 58.4 Å². The van der Waals surface area contributed by atoms with E-state index < -0.39 is 0 Å². The van der Waals surface area contributed by atoms with Gasteiger partial charge in [0.05, 0.1) is 17.9 Å². The van der Waals surface area contributed by atoms with Crippen LogP contribution in [0.5, 0.6) is 0 Å². The zero-order valence-electron chi connectivity index (χ0n) is 15.7. The number of nitrogens with one attached hydrogen (secondary N) is 1. The quantitative estimate of drug-likeness (QED) is 0.562. The van der Waals surface area contributed by atoms with Gasteiger partial charge in [-0.2, -0.15) is 0 Å². The second-order valence-electron chi connectivity index (χ2n) is 6.45. The number of rotatable bonds is 5. The van der Waals surface area contributed by atoms with Crippen LogP contribution in [0.3, 0.4) is 0 Å². The minimum atomic E-state index is -0.372. The zero-order valence-corrected chi connectivity index (χ0v) is 18.1. The number of thiophene rings is 1. The Morgan fingerprint density at radius 3 is 2.56 bits per heavy atom. The Kier molecular flexibility index (Phi) is 6.88. The summed E-state index contributed by atoms with van der Waals surface area (Å²) in [6.45, 7) is 3.72. The van der Waals surface area contributed by atoms with Crippen LogP contribution in [-0.4, -0.2) is 34.4 Å². The maximum absolute atomic E-state index is 12.7. The molecule has 146 valence electrons. The molecule has 6 nitrogen and oxygen atoms in total. The van der Waals surface area contributed by atoms with E-state index in [9.17, 15) is 9.59 Å². The summed E-state index contributed by atoms with van der Waals surface area (Å²) in [5, 5.41) is 12.1. The van der Waals surface area contributed by atoms with E-state index in [-0.39, 0.29) is 17.1 Å². The summed E-state index contributed by atoms with van der Waals surface area (Å²) in [6, 6.07) is 0. The van der Waals surface area contributed by atoms with Gasteiger partial charge in [0.25, 0.3) is 0 Å². The van der Waals surface area contributed by atoms with Crippen LogP contribution in [0.15, 0.2) is 4.34 Å². The lowest BCUT2D eigenvalue weighted by Gasteiger charge is -2.12. The van der Waals surface area contributed by atoms with E-state index in [1.54, 1.807) is 0 Å². The van der Waals surface area contributed by atoms with Crippen LogP contribution >= 0.6 is 34.4 Å². The molecule has 0 bridgehead atoms. The number of nitrogens with zero attached hydrogens (tertiary/aromatic N) is 2. The highest BCUT2D eigenvalue weighted by Crippen LogP contribution is 2.38. The summed E-state index contributed by atoms with van der Waals surface area (Å²) in [6.07, 6.45) is 6.37. The van der Waals surface area contributed by atoms with Gasteiger partial charge in [0, 0.05) is 4.88 Å². The normalized spacial score (nSPS) is 15.4. The third kappa shape index (κ3) is 4.89. The maximum Gasteiger partial charge on any atom is 0.341 e. The van der Waals surface area contributed by atoms with Gasteiger partial charge in [-0.25, -0.2) is 4.79 Å². The third-order valence-electron chi connectivity index (χ3n) is 4.45. The number of esters is 1. The first-order chi connectivity index (χ1) is 13.0. The zero-order chi connectivity index (χ0) is 19.4. The molecule has 1 unspecified atom stereocenters. The maximum atomic E-state index is 12.7. The van der Waals surface area contributed by atoms with E-state index >= 15 is 0 Å². The molecule has 0 fully saturated rings. The van der Waals surface area contributed by atoms with Crippen molar-refractivity contribution in [3.8, 4) is 0 Å². The predicted molar refractivity (Wildman–Crippen MR) is 110 cm³/mol. The average Bonchev–Trinajstić information content (AvgIpc) is 3.17. The Hall–Kier alpha value is -1.45. The van der Waals surface area contributed by atoms with Crippen molar-refractivity contribution in [3.63, 3.8) is 0 Å². The molecule has 3 rings (SSSR count). The Morgan fingerprint density at radius 1 is 1.15 bits per heavy atom. The number of thioether (sulfide) groups is 1. The van der Waals surface area contributed by atoms with Gasteiger partial charge in [-0.3, -0.25) is 4.79 Å². The first-order valence-electron chi connectivity index (χ1n) is 9.00. The average molecular weight is 426 g/mol. The minimum absolute atomic E-state index is 0.146. The lowest BCUT2D eigenvalue weighted by atomic mass is 9.96. The molecule has 0 spiro atoms. The predicted octanol–water partition coefficient (Wildman–Crippen LogP) is 4.47. The van der Waals surface area contributed by atoms with Gasteiger partial charge in [-0.1, -0.05) is 35.9 Å². The van der Waals surface area contributed by atoms with E-state index in [1.165, 1.54) is 59.3 Å². The van der Waals surface area contributed by atoms with Gasteiger partial charge in [-0.05, 0) is 45.1 Å². The Balaban J connectivity index is 1.81. The number of amides is 1. The molecule has 1 aliphatic carbocycles. The van der Waals surface area contributed by atoms with Crippen LogP contribution in [0.2, 0.25) is 0 Å². The van der Waals surface area contributed by atoms with Gasteiger partial charge in [0.2, 0.25) is 5.91 Å². The van der Waals surface area contributed by atoms with Crippen molar-refractivity contribution < 1.29 is 14.3 Å².